The average molecular weight is 356 g/mol. The first-order valence-corrected chi connectivity index (χ1v) is 11.2. The molecule has 0 radical (unpaired) electrons. The predicted molar refractivity (Wildman–Crippen MR) is 114 cm³/mol. The summed E-state index contributed by atoms with van der Waals surface area (Å²) in [6, 6.07) is 5.00. The van der Waals surface area contributed by atoms with Crippen molar-refractivity contribution < 1.29 is 0 Å². The first-order valence-electron chi connectivity index (χ1n) is 8.15. The van der Waals surface area contributed by atoms with Crippen LogP contribution in [0.1, 0.15) is 67.9 Å². The van der Waals surface area contributed by atoms with Crippen LogP contribution in [-0.2, 0) is 0 Å². The Balaban J connectivity index is 3.30. The molecule has 0 bridgehead atoms. The Morgan fingerprint density at radius 2 is 0.909 bits per heavy atom. The zero-order valence-electron chi connectivity index (χ0n) is 16.2. The van der Waals surface area contributed by atoms with E-state index in [9.17, 15) is 0 Å². The van der Waals surface area contributed by atoms with Crippen LogP contribution < -0.4 is 15.9 Å². The van der Waals surface area contributed by atoms with Crippen molar-refractivity contribution in [2.75, 3.05) is 0 Å². The summed E-state index contributed by atoms with van der Waals surface area (Å²) in [7, 11) is 2.66. The maximum absolute atomic E-state index is 2.50. The van der Waals surface area contributed by atoms with Crippen LogP contribution in [-0.4, -0.2) is 15.5 Å². The molecule has 1 aromatic carbocycles. The molecule has 0 saturated carbocycles. The van der Waals surface area contributed by atoms with Crippen LogP contribution in [0.5, 0.6) is 0 Å². The number of rotatable bonds is 3. The standard InChI is InChI=1S/C19H35P3/c1-13-15(21-18(5,6)7)11-14(20-17(2,3)4)12-16(13)22-19(8,9)10/h11-12,20-22H,1-10H3. The molecule has 0 aromatic heterocycles. The number of benzene rings is 1. The van der Waals surface area contributed by atoms with Gasteiger partial charge in [0.2, 0.25) is 0 Å². The first kappa shape index (κ1) is 20.6. The van der Waals surface area contributed by atoms with Gasteiger partial charge in [0.15, 0.2) is 0 Å². The molecule has 0 aliphatic rings. The Kier molecular flexibility index (Phi) is 6.70. The van der Waals surface area contributed by atoms with E-state index < -0.39 is 0 Å². The smallest absolute Gasteiger partial charge is 0.0166 e. The van der Waals surface area contributed by atoms with Gasteiger partial charge in [0.25, 0.3) is 0 Å². The van der Waals surface area contributed by atoms with Crippen molar-refractivity contribution in [2.45, 2.75) is 84.7 Å². The molecule has 0 spiro atoms. The van der Waals surface area contributed by atoms with Gasteiger partial charge in [0.1, 0.15) is 0 Å². The summed E-state index contributed by atoms with van der Waals surface area (Å²) in [6.45, 7) is 23.5. The van der Waals surface area contributed by atoms with Gasteiger partial charge in [-0.15, -0.1) is 0 Å². The highest BCUT2D eigenvalue weighted by molar-refractivity contribution is 7.52. The van der Waals surface area contributed by atoms with Crippen LogP contribution in [0.15, 0.2) is 12.1 Å². The minimum atomic E-state index is 0.371. The molecule has 0 saturated heterocycles. The third kappa shape index (κ3) is 7.86. The molecule has 0 fully saturated rings. The van der Waals surface area contributed by atoms with E-state index in [0.717, 1.165) is 25.7 Å². The van der Waals surface area contributed by atoms with Gasteiger partial charge in [-0.2, -0.15) is 0 Å². The molecule has 3 atom stereocenters. The van der Waals surface area contributed by atoms with Crippen molar-refractivity contribution in [3.05, 3.63) is 17.7 Å². The summed E-state index contributed by atoms with van der Waals surface area (Å²) in [5.74, 6) is 0. The van der Waals surface area contributed by atoms with Crippen LogP contribution >= 0.6 is 25.7 Å². The van der Waals surface area contributed by atoms with Gasteiger partial charge in [-0.05, 0) is 56.0 Å². The number of hydrogen-bond acceptors (Lipinski definition) is 0. The minimum absolute atomic E-state index is 0.371. The molecular weight excluding hydrogens is 321 g/mol. The Labute approximate surface area is 144 Å². The SMILES string of the molecule is Cc1c(PC(C)(C)C)cc(PC(C)(C)C)cc1PC(C)(C)C. The van der Waals surface area contributed by atoms with Crippen LogP contribution in [0.2, 0.25) is 0 Å². The molecule has 22 heavy (non-hydrogen) atoms. The quantitative estimate of drug-likeness (QED) is 0.645. The van der Waals surface area contributed by atoms with Crippen molar-refractivity contribution in [1.82, 2.24) is 0 Å². The van der Waals surface area contributed by atoms with Crippen molar-refractivity contribution in [3.8, 4) is 0 Å². The lowest BCUT2D eigenvalue weighted by molar-refractivity contribution is 0.798. The molecule has 0 aliphatic heterocycles. The average Bonchev–Trinajstić information content (AvgIpc) is 2.18. The fourth-order valence-electron chi connectivity index (χ4n) is 2.29. The monoisotopic (exact) mass is 356 g/mol. The van der Waals surface area contributed by atoms with Crippen molar-refractivity contribution in [1.29, 1.82) is 0 Å². The van der Waals surface area contributed by atoms with Gasteiger partial charge >= 0.3 is 0 Å². The van der Waals surface area contributed by atoms with E-state index in [1.807, 2.05) is 0 Å². The highest BCUT2D eigenvalue weighted by atomic mass is 31.1. The maximum Gasteiger partial charge on any atom is -0.0166 e. The fourth-order valence-corrected chi connectivity index (χ4v) is 6.72. The van der Waals surface area contributed by atoms with Crippen molar-refractivity contribution in [3.63, 3.8) is 0 Å². The van der Waals surface area contributed by atoms with Gasteiger partial charge in [-0.3, -0.25) is 0 Å². The minimum Gasteiger partial charge on any atom is -0.0848 e. The van der Waals surface area contributed by atoms with E-state index in [1.165, 1.54) is 0 Å². The van der Waals surface area contributed by atoms with E-state index in [4.69, 9.17) is 0 Å². The summed E-state index contributed by atoms with van der Waals surface area (Å²) in [5, 5.41) is 5.85. The van der Waals surface area contributed by atoms with Gasteiger partial charge in [-0.1, -0.05) is 88.1 Å². The molecular formula is C19H35P3. The normalized spacial score (nSPS) is 15.2. The summed E-state index contributed by atoms with van der Waals surface area (Å²) in [4.78, 5) is 0. The van der Waals surface area contributed by atoms with E-state index in [1.54, 1.807) is 21.5 Å². The van der Waals surface area contributed by atoms with Crippen LogP contribution in [0.4, 0.5) is 0 Å². The molecule has 0 nitrogen and oxygen atoms in total. The van der Waals surface area contributed by atoms with E-state index in [2.05, 4.69) is 81.4 Å². The Hall–Kier alpha value is 0.510. The molecule has 3 unspecified atom stereocenters. The van der Waals surface area contributed by atoms with Gasteiger partial charge in [0.05, 0.1) is 0 Å². The van der Waals surface area contributed by atoms with E-state index in [-0.39, 0.29) is 0 Å². The van der Waals surface area contributed by atoms with Crippen LogP contribution in [0.3, 0.4) is 0 Å². The highest BCUT2D eigenvalue weighted by Crippen LogP contribution is 2.36. The third-order valence-electron chi connectivity index (χ3n) is 2.95. The third-order valence-corrected chi connectivity index (χ3v) is 7.35. The van der Waals surface area contributed by atoms with Crippen LogP contribution in [0.25, 0.3) is 0 Å². The summed E-state index contributed by atoms with van der Waals surface area (Å²) in [6.07, 6.45) is 0. The molecule has 1 aromatic rings. The Morgan fingerprint density at radius 3 is 1.18 bits per heavy atom. The second-order valence-electron chi connectivity index (χ2n) is 9.32. The van der Waals surface area contributed by atoms with Gasteiger partial charge in [-0.25, -0.2) is 0 Å². The molecule has 0 heterocycles. The zero-order chi connectivity index (χ0) is 17.3. The first-order chi connectivity index (χ1) is 9.66. The molecule has 3 heteroatoms. The summed E-state index contributed by atoms with van der Waals surface area (Å²) in [5.41, 5.74) is 1.55. The topological polar surface area (TPSA) is 0 Å². The van der Waals surface area contributed by atoms with Crippen molar-refractivity contribution >= 4 is 41.7 Å². The molecule has 0 amide bonds. The Bertz CT molecular complexity index is 474. The van der Waals surface area contributed by atoms with Gasteiger partial charge < -0.3 is 0 Å². The summed E-state index contributed by atoms with van der Waals surface area (Å²) < 4.78 is 0. The second-order valence-corrected chi connectivity index (χ2v) is 16.2. The maximum atomic E-state index is 2.50. The van der Waals surface area contributed by atoms with E-state index in [0.29, 0.717) is 15.5 Å². The fraction of sp³-hybridized carbons (Fsp3) is 0.684. The number of hydrogen-bond donors (Lipinski definition) is 0. The van der Waals surface area contributed by atoms with Crippen LogP contribution in [0, 0.1) is 6.92 Å². The largest absolute Gasteiger partial charge is 0.0848 e. The van der Waals surface area contributed by atoms with Gasteiger partial charge in [0, 0.05) is 0 Å². The second kappa shape index (κ2) is 7.18. The summed E-state index contributed by atoms with van der Waals surface area (Å²) >= 11 is 0. The zero-order valence-corrected chi connectivity index (χ0v) is 19.2. The molecule has 0 aliphatic carbocycles. The Morgan fingerprint density at radius 1 is 0.591 bits per heavy atom. The lowest BCUT2D eigenvalue weighted by atomic mass is 10.2. The highest BCUT2D eigenvalue weighted by Gasteiger charge is 2.20. The molecule has 1 rings (SSSR count). The lowest BCUT2D eigenvalue weighted by Crippen LogP contribution is -2.26. The predicted octanol–water partition coefficient (Wildman–Crippen LogP) is 5.30. The lowest BCUT2D eigenvalue weighted by Gasteiger charge is -2.27. The van der Waals surface area contributed by atoms with Crippen molar-refractivity contribution in [2.24, 2.45) is 0 Å². The van der Waals surface area contributed by atoms with E-state index >= 15 is 0 Å². The molecule has 0 N–H and O–H groups in total. The molecule has 126 valence electrons.